The maximum Gasteiger partial charge on any atom is 0.306 e. The summed E-state index contributed by atoms with van der Waals surface area (Å²) in [6, 6.07) is 13.7. The van der Waals surface area contributed by atoms with E-state index in [9.17, 15) is 9.90 Å². The second-order valence-corrected chi connectivity index (χ2v) is 9.14. The van der Waals surface area contributed by atoms with Gasteiger partial charge in [-0.25, -0.2) is 0 Å². The van der Waals surface area contributed by atoms with E-state index in [4.69, 9.17) is 20.9 Å². The minimum atomic E-state index is -0.702. The zero-order valence-electron chi connectivity index (χ0n) is 18.4. The van der Waals surface area contributed by atoms with Gasteiger partial charge in [-0.2, -0.15) is 4.98 Å². The number of rotatable bonds is 6. The molecule has 170 valence electrons. The fourth-order valence-electron chi connectivity index (χ4n) is 4.50. The van der Waals surface area contributed by atoms with Crippen LogP contribution in [0.5, 0.6) is 5.75 Å². The van der Waals surface area contributed by atoms with Gasteiger partial charge in [-0.05, 0) is 75.6 Å². The lowest BCUT2D eigenvalue weighted by Gasteiger charge is -2.14. The molecule has 33 heavy (non-hydrogen) atoms. The standard InChI is InChI=1S/C25H24ClN3O4/c1-14(2)32-22-8-5-16(13-20(22)26)23-27-24(33-28-23)17-4-7-21-15(11-17)9-10-29(21)19-6-3-18(12-19)25(30)31/h4-5,7-11,13-14,18-19H,3,6,12H2,1-2H3,(H,30,31)/t18?,19-/m0/s1. The molecule has 1 saturated carbocycles. The highest BCUT2D eigenvalue weighted by atomic mass is 35.5. The molecule has 2 aromatic heterocycles. The van der Waals surface area contributed by atoms with E-state index in [-0.39, 0.29) is 18.1 Å². The number of aliphatic carboxylic acids is 1. The summed E-state index contributed by atoms with van der Waals surface area (Å²) in [5.74, 6) is 0.525. The smallest absolute Gasteiger partial charge is 0.306 e. The number of fused-ring (bicyclic) bond motifs is 1. The Hall–Kier alpha value is -3.32. The summed E-state index contributed by atoms with van der Waals surface area (Å²) in [6.45, 7) is 3.89. The van der Waals surface area contributed by atoms with Crippen molar-refractivity contribution < 1.29 is 19.2 Å². The molecule has 2 aromatic carbocycles. The molecule has 0 bridgehead atoms. The van der Waals surface area contributed by atoms with Gasteiger partial charge in [-0.1, -0.05) is 16.8 Å². The SMILES string of the molecule is CC(C)Oc1ccc(-c2noc(-c3ccc4c(ccn4[C@H]4CCC(C(=O)O)C4)c3)n2)cc1Cl. The average Bonchev–Trinajstić information content (AvgIpc) is 3.53. The lowest BCUT2D eigenvalue weighted by atomic mass is 10.1. The highest BCUT2D eigenvalue weighted by Gasteiger charge is 2.31. The summed E-state index contributed by atoms with van der Waals surface area (Å²) in [7, 11) is 0. The van der Waals surface area contributed by atoms with Crippen molar-refractivity contribution in [3.8, 4) is 28.6 Å². The van der Waals surface area contributed by atoms with Crippen LogP contribution in [0.4, 0.5) is 0 Å². The lowest BCUT2D eigenvalue weighted by Crippen LogP contribution is -2.11. The number of benzene rings is 2. The van der Waals surface area contributed by atoms with Gasteiger partial charge < -0.3 is 18.9 Å². The first kappa shape index (κ1) is 21.5. The van der Waals surface area contributed by atoms with E-state index in [1.165, 1.54) is 0 Å². The number of aromatic nitrogens is 3. The Balaban J connectivity index is 1.39. The number of nitrogens with zero attached hydrogens (tertiary/aromatic N) is 3. The third-order valence-electron chi connectivity index (χ3n) is 6.09. The van der Waals surface area contributed by atoms with Gasteiger partial charge in [-0.3, -0.25) is 4.79 Å². The number of ether oxygens (including phenoxy) is 1. The molecule has 2 heterocycles. The molecule has 7 nitrogen and oxygen atoms in total. The minimum Gasteiger partial charge on any atom is -0.489 e. The van der Waals surface area contributed by atoms with Crippen molar-refractivity contribution in [3.63, 3.8) is 0 Å². The molecule has 1 unspecified atom stereocenters. The fraction of sp³-hybridized carbons (Fsp3) is 0.320. The first-order valence-corrected chi connectivity index (χ1v) is 11.4. The van der Waals surface area contributed by atoms with E-state index >= 15 is 0 Å². The number of carboxylic acids is 1. The Kier molecular flexibility index (Phi) is 5.58. The maximum absolute atomic E-state index is 11.3. The van der Waals surface area contributed by atoms with Crippen molar-refractivity contribution in [2.24, 2.45) is 5.92 Å². The predicted molar refractivity (Wildman–Crippen MR) is 125 cm³/mol. The van der Waals surface area contributed by atoms with Gasteiger partial charge in [-0.15, -0.1) is 0 Å². The number of hydrogen-bond donors (Lipinski definition) is 1. The molecule has 1 aliphatic carbocycles. The molecule has 8 heteroatoms. The summed E-state index contributed by atoms with van der Waals surface area (Å²) in [5.41, 5.74) is 2.63. The Morgan fingerprint density at radius 3 is 2.73 bits per heavy atom. The summed E-state index contributed by atoms with van der Waals surface area (Å²) in [5, 5.41) is 15.0. The van der Waals surface area contributed by atoms with Crippen molar-refractivity contribution in [2.75, 3.05) is 0 Å². The molecular formula is C25H24ClN3O4. The first-order valence-electron chi connectivity index (χ1n) is 11.0. The second kappa shape index (κ2) is 8.56. The third kappa shape index (κ3) is 4.20. The Labute approximate surface area is 195 Å². The molecule has 1 N–H and O–H groups in total. The van der Waals surface area contributed by atoms with Gasteiger partial charge in [0.1, 0.15) is 5.75 Å². The quantitative estimate of drug-likeness (QED) is 0.363. The molecule has 1 fully saturated rings. The largest absolute Gasteiger partial charge is 0.489 e. The summed E-state index contributed by atoms with van der Waals surface area (Å²) < 4.78 is 13.4. The number of carboxylic acid groups (broad SMARTS) is 1. The van der Waals surface area contributed by atoms with Crippen molar-refractivity contribution in [1.29, 1.82) is 0 Å². The monoisotopic (exact) mass is 465 g/mol. The molecule has 5 rings (SSSR count). The Bertz CT molecular complexity index is 1330. The zero-order chi connectivity index (χ0) is 23.1. The van der Waals surface area contributed by atoms with Gasteiger partial charge in [0.05, 0.1) is 17.0 Å². The normalized spacial score (nSPS) is 18.3. The molecule has 0 saturated heterocycles. The van der Waals surface area contributed by atoms with E-state index in [2.05, 4.69) is 14.7 Å². The van der Waals surface area contributed by atoms with Crippen molar-refractivity contribution in [2.45, 2.75) is 45.3 Å². The molecule has 0 amide bonds. The van der Waals surface area contributed by atoms with Gasteiger partial charge in [0.2, 0.25) is 5.82 Å². The Morgan fingerprint density at radius 2 is 2.00 bits per heavy atom. The van der Waals surface area contributed by atoms with Crippen LogP contribution in [-0.4, -0.2) is 31.9 Å². The Morgan fingerprint density at radius 1 is 1.18 bits per heavy atom. The molecule has 4 aromatic rings. The average molecular weight is 466 g/mol. The van der Waals surface area contributed by atoms with Crippen LogP contribution in [0, 0.1) is 5.92 Å². The number of carbonyl (C=O) groups is 1. The van der Waals surface area contributed by atoms with Crippen LogP contribution in [0.25, 0.3) is 33.7 Å². The summed E-state index contributed by atoms with van der Waals surface area (Å²) >= 11 is 6.35. The van der Waals surface area contributed by atoms with E-state index in [1.54, 1.807) is 12.1 Å². The van der Waals surface area contributed by atoms with Gasteiger partial charge in [0, 0.05) is 34.3 Å². The van der Waals surface area contributed by atoms with Gasteiger partial charge in [0.25, 0.3) is 5.89 Å². The molecular weight excluding hydrogens is 442 g/mol. The lowest BCUT2D eigenvalue weighted by molar-refractivity contribution is -0.141. The molecule has 0 spiro atoms. The van der Waals surface area contributed by atoms with Crippen LogP contribution in [-0.2, 0) is 4.79 Å². The molecule has 2 atom stereocenters. The van der Waals surface area contributed by atoms with Crippen LogP contribution in [0.1, 0.15) is 39.2 Å². The van der Waals surface area contributed by atoms with Crippen molar-refractivity contribution in [1.82, 2.24) is 14.7 Å². The maximum atomic E-state index is 11.3. The predicted octanol–water partition coefficient (Wildman–Crippen LogP) is 6.22. The second-order valence-electron chi connectivity index (χ2n) is 8.73. The van der Waals surface area contributed by atoms with E-state index in [0.29, 0.717) is 28.9 Å². The van der Waals surface area contributed by atoms with Gasteiger partial charge in [0.15, 0.2) is 0 Å². The highest BCUT2D eigenvalue weighted by molar-refractivity contribution is 6.32. The van der Waals surface area contributed by atoms with Crippen molar-refractivity contribution >= 4 is 28.5 Å². The summed E-state index contributed by atoms with van der Waals surface area (Å²) in [4.78, 5) is 15.9. The fourth-order valence-corrected chi connectivity index (χ4v) is 4.72. The van der Waals surface area contributed by atoms with Gasteiger partial charge >= 0.3 is 5.97 Å². The highest BCUT2D eigenvalue weighted by Crippen LogP contribution is 2.38. The molecule has 0 aliphatic heterocycles. The first-order chi connectivity index (χ1) is 15.9. The van der Waals surface area contributed by atoms with Crippen LogP contribution in [0.2, 0.25) is 5.02 Å². The van der Waals surface area contributed by atoms with E-state index in [0.717, 1.165) is 34.9 Å². The summed E-state index contributed by atoms with van der Waals surface area (Å²) in [6.07, 6.45) is 4.32. The number of halogens is 1. The van der Waals surface area contributed by atoms with Crippen molar-refractivity contribution in [3.05, 3.63) is 53.7 Å². The van der Waals surface area contributed by atoms with E-state index < -0.39 is 5.97 Å². The molecule has 0 radical (unpaired) electrons. The van der Waals surface area contributed by atoms with Crippen LogP contribution >= 0.6 is 11.6 Å². The van der Waals surface area contributed by atoms with E-state index in [1.807, 2.05) is 50.4 Å². The number of hydrogen-bond acceptors (Lipinski definition) is 5. The molecule has 1 aliphatic rings. The minimum absolute atomic E-state index is 0.0298. The topological polar surface area (TPSA) is 90.4 Å². The van der Waals surface area contributed by atoms with Crippen LogP contribution in [0.15, 0.2) is 53.2 Å². The van der Waals surface area contributed by atoms with Crippen LogP contribution in [0.3, 0.4) is 0 Å². The zero-order valence-corrected chi connectivity index (χ0v) is 19.1. The van der Waals surface area contributed by atoms with Crippen LogP contribution < -0.4 is 4.74 Å². The third-order valence-corrected chi connectivity index (χ3v) is 6.39.